The maximum Gasteiger partial charge on any atom is 0.528 e. The van der Waals surface area contributed by atoms with E-state index in [1.54, 1.807) is 20.8 Å². The van der Waals surface area contributed by atoms with E-state index in [9.17, 15) is 9.59 Å². The van der Waals surface area contributed by atoms with Crippen LogP contribution in [0.1, 0.15) is 37.0 Å². The number of rotatable bonds is 4. The van der Waals surface area contributed by atoms with Gasteiger partial charge in [-0.25, -0.2) is 9.78 Å². The van der Waals surface area contributed by atoms with Crippen LogP contribution in [0.5, 0.6) is 0 Å². The van der Waals surface area contributed by atoms with Gasteiger partial charge in [0.25, 0.3) is 5.91 Å². The second kappa shape index (κ2) is 8.84. The Morgan fingerprint density at radius 3 is 2.28 bits per heavy atom. The molecule has 8 nitrogen and oxygen atoms in total. The van der Waals surface area contributed by atoms with Crippen LogP contribution in [0.3, 0.4) is 0 Å². The Morgan fingerprint density at radius 2 is 1.62 bits per heavy atom. The summed E-state index contributed by atoms with van der Waals surface area (Å²) in [6.07, 6.45) is -0.774. The van der Waals surface area contributed by atoms with Crippen molar-refractivity contribution in [3.8, 4) is 11.4 Å². The van der Waals surface area contributed by atoms with E-state index in [1.165, 1.54) is 5.06 Å². The molecule has 8 heteroatoms. The van der Waals surface area contributed by atoms with Crippen molar-refractivity contribution in [2.45, 2.75) is 39.5 Å². The number of nitrogens with zero attached hydrogens (tertiary/aromatic N) is 3. The van der Waals surface area contributed by atoms with Crippen molar-refractivity contribution in [2.24, 2.45) is 0 Å². The standard InChI is InChI=1S/C24H26N4O4/c1-24(2,3)31-23(30)32-27-14-15-28-19(16-27)20(22(29)25-18-12-8-5-9-13-18)26-21(28)17-10-6-4-7-11-17/h4-13H,14-16H2,1-3H3,(H,25,29). The molecule has 0 saturated heterocycles. The van der Waals surface area contributed by atoms with Crippen LogP contribution in [0.15, 0.2) is 60.7 Å². The van der Waals surface area contributed by atoms with Crippen molar-refractivity contribution in [3.63, 3.8) is 0 Å². The van der Waals surface area contributed by atoms with E-state index in [4.69, 9.17) is 9.57 Å². The number of amides is 1. The number of aromatic nitrogens is 2. The normalized spacial score (nSPS) is 13.8. The molecule has 0 unspecified atom stereocenters. The molecule has 0 bridgehead atoms. The molecule has 0 spiro atoms. The Bertz CT molecular complexity index is 1100. The Balaban J connectivity index is 1.63. The Labute approximate surface area is 186 Å². The molecule has 1 amide bonds. The first-order chi connectivity index (χ1) is 15.3. The van der Waals surface area contributed by atoms with Crippen LogP contribution < -0.4 is 5.32 Å². The summed E-state index contributed by atoms with van der Waals surface area (Å²) in [5.41, 5.74) is 1.90. The number of nitrogens with one attached hydrogen (secondary N) is 1. The van der Waals surface area contributed by atoms with Gasteiger partial charge in [-0.1, -0.05) is 48.5 Å². The summed E-state index contributed by atoms with van der Waals surface area (Å²) in [5.74, 6) is 0.386. The number of carbonyl (C=O) groups excluding carboxylic acids is 2. The zero-order valence-corrected chi connectivity index (χ0v) is 18.4. The van der Waals surface area contributed by atoms with E-state index < -0.39 is 11.8 Å². The molecule has 4 rings (SSSR count). The third-order valence-corrected chi connectivity index (χ3v) is 4.84. The summed E-state index contributed by atoms with van der Waals surface area (Å²) in [6.45, 7) is 6.50. The fraction of sp³-hybridized carbons (Fsp3) is 0.292. The minimum atomic E-state index is -0.774. The van der Waals surface area contributed by atoms with Crippen LogP contribution in [-0.4, -0.2) is 38.8 Å². The monoisotopic (exact) mass is 434 g/mol. The molecule has 2 heterocycles. The van der Waals surface area contributed by atoms with Gasteiger partial charge in [0.1, 0.15) is 11.4 Å². The zero-order chi connectivity index (χ0) is 22.7. The quantitative estimate of drug-likeness (QED) is 0.609. The molecule has 1 aliphatic heterocycles. The van der Waals surface area contributed by atoms with Gasteiger partial charge in [-0.15, -0.1) is 5.06 Å². The summed E-state index contributed by atoms with van der Waals surface area (Å²) >= 11 is 0. The van der Waals surface area contributed by atoms with Crippen molar-refractivity contribution in [3.05, 3.63) is 72.1 Å². The van der Waals surface area contributed by atoms with E-state index in [0.717, 1.165) is 5.56 Å². The van der Waals surface area contributed by atoms with Crippen molar-refractivity contribution >= 4 is 17.7 Å². The lowest BCUT2D eigenvalue weighted by atomic mass is 10.2. The molecule has 0 saturated carbocycles. The van der Waals surface area contributed by atoms with Gasteiger partial charge in [-0.3, -0.25) is 4.79 Å². The average molecular weight is 434 g/mol. The molecule has 0 atom stereocenters. The highest BCUT2D eigenvalue weighted by Gasteiger charge is 2.30. The van der Waals surface area contributed by atoms with E-state index in [1.807, 2.05) is 65.2 Å². The number of imidazole rings is 1. The molecule has 166 valence electrons. The van der Waals surface area contributed by atoms with Gasteiger partial charge in [0.15, 0.2) is 5.69 Å². The highest BCUT2D eigenvalue weighted by Crippen LogP contribution is 2.27. The van der Waals surface area contributed by atoms with E-state index in [0.29, 0.717) is 36.0 Å². The molecule has 2 aromatic carbocycles. The van der Waals surface area contributed by atoms with Crippen molar-refractivity contribution < 1.29 is 19.2 Å². The van der Waals surface area contributed by atoms with E-state index in [-0.39, 0.29) is 12.5 Å². The molecule has 3 aromatic rings. The number of fused-ring (bicyclic) bond motifs is 1. The van der Waals surface area contributed by atoms with E-state index >= 15 is 0 Å². The van der Waals surface area contributed by atoms with Gasteiger partial charge in [0.2, 0.25) is 0 Å². The number of para-hydroxylation sites is 1. The first-order valence-corrected chi connectivity index (χ1v) is 10.5. The summed E-state index contributed by atoms with van der Waals surface area (Å²) in [5, 5.41) is 4.39. The summed E-state index contributed by atoms with van der Waals surface area (Å²) in [6, 6.07) is 18.9. The van der Waals surface area contributed by atoms with Gasteiger partial charge in [0, 0.05) is 17.8 Å². The van der Waals surface area contributed by atoms with Gasteiger partial charge >= 0.3 is 6.16 Å². The van der Waals surface area contributed by atoms with Gasteiger partial charge in [0.05, 0.1) is 18.8 Å². The maximum atomic E-state index is 13.1. The lowest BCUT2D eigenvalue weighted by molar-refractivity contribution is -0.155. The van der Waals surface area contributed by atoms with Crippen molar-refractivity contribution in [2.75, 3.05) is 11.9 Å². The highest BCUT2D eigenvalue weighted by atomic mass is 16.8. The van der Waals surface area contributed by atoms with Crippen molar-refractivity contribution in [1.82, 2.24) is 14.6 Å². The molecule has 1 N–H and O–H groups in total. The smallest absolute Gasteiger partial charge is 0.427 e. The predicted octanol–water partition coefficient (Wildman–Crippen LogP) is 4.48. The molecule has 0 aliphatic carbocycles. The Hall–Kier alpha value is -3.65. The van der Waals surface area contributed by atoms with Crippen LogP contribution in [-0.2, 0) is 22.7 Å². The second-order valence-electron chi connectivity index (χ2n) is 8.49. The first-order valence-electron chi connectivity index (χ1n) is 10.5. The maximum absolute atomic E-state index is 13.1. The van der Waals surface area contributed by atoms with Gasteiger partial charge in [-0.05, 0) is 32.9 Å². The number of hydroxylamine groups is 2. The molecule has 1 aromatic heterocycles. The van der Waals surface area contributed by atoms with Crippen LogP contribution >= 0.6 is 0 Å². The minimum Gasteiger partial charge on any atom is -0.427 e. The zero-order valence-electron chi connectivity index (χ0n) is 18.4. The number of carbonyl (C=O) groups is 2. The third kappa shape index (κ3) is 4.97. The van der Waals surface area contributed by atoms with Crippen molar-refractivity contribution in [1.29, 1.82) is 0 Å². The third-order valence-electron chi connectivity index (χ3n) is 4.84. The first kappa shape index (κ1) is 21.6. The molecule has 32 heavy (non-hydrogen) atoms. The number of hydrogen-bond donors (Lipinski definition) is 1. The number of anilines is 1. The van der Waals surface area contributed by atoms with Gasteiger partial charge in [-0.2, -0.15) is 0 Å². The van der Waals surface area contributed by atoms with E-state index in [2.05, 4.69) is 10.3 Å². The molecule has 0 radical (unpaired) electrons. The lowest BCUT2D eigenvalue weighted by Gasteiger charge is -2.28. The topological polar surface area (TPSA) is 85.7 Å². The van der Waals surface area contributed by atoms with Crippen LogP contribution in [0.4, 0.5) is 10.5 Å². The minimum absolute atomic E-state index is 0.219. The lowest BCUT2D eigenvalue weighted by Crippen LogP contribution is -2.38. The fourth-order valence-corrected chi connectivity index (χ4v) is 3.50. The second-order valence-corrected chi connectivity index (χ2v) is 8.49. The fourth-order valence-electron chi connectivity index (χ4n) is 3.50. The summed E-state index contributed by atoms with van der Waals surface area (Å²) in [4.78, 5) is 35.3. The molecular weight excluding hydrogens is 408 g/mol. The average Bonchev–Trinajstić information content (AvgIpc) is 3.13. The van der Waals surface area contributed by atoms with Gasteiger partial charge < -0.3 is 19.5 Å². The van der Waals surface area contributed by atoms with Crippen LogP contribution in [0.25, 0.3) is 11.4 Å². The Morgan fingerprint density at radius 1 is 0.969 bits per heavy atom. The number of benzene rings is 2. The van der Waals surface area contributed by atoms with Crippen LogP contribution in [0.2, 0.25) is 0 Å². The molecule has 1 aliphatic rings. The summed E-state index contributed by atoms with van der Waals surface area (Å²) in [7, 11) is 0. The number of ether oxygens (including phenoxy) is 1. The molecular formula is C24H26N4O4. The highest BCUT2D eigenvalue weighted by molar-refractivity contribution is 6.04. The molecule has 0 fully saturated rings. The Kier molecular flexibility index (Phi) is 5.96. The predicted molar refractivity (Wildman–Crippen MR) is 120 cm³/mol. The summed E-state index contributed by atoms with van der Waals surface area (Å²) < 4.78 is 7.26. The number of hydrogen-bond acceptors (Lipinski definition) is 6. The largest absolute Gasteiger partial charge is 0.528 e. The SMILES string of the molecule is CC(C)(C)OC(=O)ON1CCn2c(-c3ccccc3)nc(C(=O)Nc3ccccc3)c2C1. The van der Waals surface area contributed by atoms with Crippen LogP contribution in [0, 0.1) is 0 Å².